The number of aromatic amines is 1. The number of ether oxygens (including phenoxy) is 1. The van der Waals surface area contributed by atoms with Gasteiger partial charge in [0.15, 0.2) is 0 Å². The second-order valence-corrected chi connectivity index (χ2v) is 6.49. The van der Waals surface area contributed by atoms with Crippen LogP contribution >= 0.6 is 11.3 Å². The summed E-state index contributed by atoms with van der Waals surface area (Å²) in [5, 5.41) is 3.72. The number of fused-ring (bicyclic) bond motifs is 1. The first-order valence-electron chi connectivity index (χ1n) is 7.86. The molecule has 0 unspecified atom stereocenters. The first-order valence-corrected chi connectivity index (χ1v) is 8.74. The third-order valence-corrected chi connectivity index (χ3v) is 4.67. The van der Waals surface area contributed by atoms with Gasteiger partial charge < -0.3 is 9.72 Å². The molecular formula is C19H15N3O2S. The minimum atomic E-state index is -0.272. The van der Waals surface area contributed by atoms with E-state index in [1.807, 2.05) is 54.0 Å². The smallest absolute Gasteiger partial charge is 0.313 e. The number of pyridine rings is 1. The van der Waals surface area contributed by atoms with Crippen molar-refractivity contribution in [3.05, 3.63) is 70.8 Å². The third-order valence-electron chi connectivity index (χ3n) is 3.83. The van der Waals surface area contributed by atoms with E-state index in [4.69, 9.17) is 4.74 Å². The van der Waals surface area contributed by atoms with Crippen LogP contribution in [0.4, 0.5) is 0 Å². The Morgan fingerprint density at radius 1 is 1.16 bits per heavy atom. The number of rotatable bonds is 5. The largest absolute Gasteiger partial charge is 0.460 e. The van der Waals surface area contributed by atoms with E-state index in [0.29, 0.717) is 0 Å². The minimum Gasteiger partial charge on any atom is -0.460 e. The first kappa shape index (κ1) is 15.5. The summed E-state index contributed by atoms with van der Waals surface area (Å²) in [6, 6.07) is 13.6. The van der Waals surface area contributed by atoms with Gasteiger partial charge >= 0.3 is 5.97 Å². The summed E-state index contributed by atoms with van der Waals surface area (Å²) in [6.45, 7) is 0.284. The van der Waals surface area contributed by atoms with Gasteiger partial charge in [-0.2, -0.15) is 0 Å². The van der Waals surface area contributed by atoms with Gasteiger partial charge in [0.05, 0.1) is 12.1 Å². The van der Waals surface area contributed by atoms with Crippen LogP contribution in [0.5, 0.6) is 0 Å². The van der Waals surface area contributed by atoms with Gasteiger partial charge in [0.25, 0.3) is 0 Å². The lowest BCUT2D eigenvalue weighted by Crippen LogP contribution is -2.07. The standard InChI is InChI=1S/C19H15N3O2S/c23-18(24-11-13-4-2-1-3-5-13)10-17-22-16(12-25-17)14-6-8-20-19-15(14)7-9-21-19/h1-9,12H,10-11H2,(H,20,21). The molecule has 3 aromatic heterocycles. The van der Waals surface area contributed by atoms with Gasteiger partial charge in [-0.05, 0) is 17.7 Å². The molecule has 25 heavy (non-hydrogen) atoms. The zero-order valence-corrected chi connectivity index (χ0v) is 14.1. The lowest BCUT2D eigenvalue weighted by molar-refractivity contribution is -0.144. The number of hydrogen-bond donors (Lipinski definition) is 1. The molecule has 0 fully saturated rings. The molecule has 0 atom stereocenters. The van der Waals surface area contributed by atoms with Crippen LogP contribution in [0.2, 0.25) is 0 Å². The molecule has 1 N–H and O–H groups in total. The normalized spacial score (nSPS) is 10.9. The maximum atomic E-state index is 12.0. The Bertz CT molecular complexity index is 1010. The number of carbonyl (C=O) groups is 1. The molecular weight excluding hydrogens is 334 g/mol. The second-order valence-electron chi connectivity index (χ2n) is 5.55. The van der Waals surface area contributed by atoms with Gasteiger partial charge in [0.2, 0.25) is 0 Å². The van der Waals surface area contributed by atoms with E-state index in [1.54, 1.807) is 6.20 Å². The molecule has 4 rings (SSSR count). The van der Waals surface area contributed by atoms with Crippen molar-refractivity contribution in [1.82, 2.24) is 15.0 Å². The van der Waals surface area contributed by atoms with E-state index in [-0.39, 0.29) is 19.0 Å². The summed E-state index contributed by atoms with van der Waals surface area (Å²) < 4.78 is 5.32. The van der Waals surface area contributed by atoms with Crippen LogP contribution in [0.15, 0.2) is 60.2 Å². The Hall–Kier alpha value is -2.99. The Labute approximate surface area is 148 Å². The predicted molar refractivity (Wildman–Crippen MR) is 97.1 cm³/mol. The Morgan fingerprint density at radius 2 is 2.04 bits per heavy atom. The van der Waals surface area contributed by atoms with Crippen molar-refractivity contribution in [3.8, 4) is 11.3 Å². The number of carbonyl (C=O) groups excluding carboxylic acids is 1. The van der Waals surface area contributed by atoms with Crippen molar-refractivity contribution in [2.24, 2.45) is 0 Å². The summed E-state index contributed by atoms with van der Waals surface area (Å²) in [6.07, 6.45) is 3.79. The second kappa shape index (κ2) is 6.86. The number of thiazole rings is 1. The van der Waals surface area contributed by atoms with E-state index in [1.165, 1.54) is 11.3 Å². The Morgan fingerprint density at radius 3 is 2.92 bits per heavy atom. The van der Waals surface area contributed by atoms with Gasteiger partial charge in [0.1, 0.15) is 17.3 Å². The highest BCUT2D eigenvalue weighted by atomic mass is 32.1. The van der Waals surface area contributed by atoms with Crippen LogP contribution in [-0.2, 0) is 22.6 Å². The number of aromatic nitrogens is 3. The molecule has 0 aliphatic heterocycles. The predicted octanol–water partition coefficient (Wildman–Crippen LogP) is 3.97. The van der Waals surface area contributed by atoms with Crippen molar-refractivity contribution < 1.29 is 9.53 Å². The van der Waals surface area contributed by atoms with Crippen LogP contribution in [0.25, 0.3) is 22.3 Å². The molecule has 0 saturated heterocycles. The van der Waals surface area contributed by atoms with Crippen LogP contribution in [-0.4, -0.2) is 20.9 Å². The molecule has 3 heterocycles. The molecule has 1 aromatic carbocycles. The van der Waals surface area contributed by atoms with Gasteiger partial charge in [-0.3, -0.25) is 4.79 Å². The van der Waals surface area contributed by atoms with Gasteiger partial charge in [-0.1, -0.05) is 30.3 Å². The fraction of sp³-hybridized carbons (Fsp3) is 0.105. The van der Waals surface area contributed by atoms with Crippen LogP contribution < -0.4 is 0 Å². The first-order chi connectivity index (χ1) is 12.3. The molecule has 0 bridgehead atoms. The summed E-state index contributed by atoms with van der Waals surface area (Å²) >= 11 is 1.46. The molecule has 5 nitrogen and oxygen atoms in total. The number of hydrogen-bond acceptors (Lipinski definition) is 5. The molecule has 0 spiro atoms. The number of esters is 1. The third kappa shape index (κ3) is 3.44. The van der Waals surface area contributed by atoms with Gasteiger partial charge in [0, 0.05) is 28.7 Å². The molecule has 0 amide bonds. The minimum absolute atomic E-state index is 0.179. The van der Waals surface area contributed by atoms with Crippen molar-refractivity contribution in [3.63, 3.8) is 0 Å². The van der Waals surface area contributed by atoms with Crippen LogP contribution in [0.1, 0.15) is 10.6 Å². The van der Waals surface area contributed by atoms with Crippen molar-refractivity contribution >= 4 is 28.3 Å². The maximum Gasteiger partial charge on any atom is 0.313 e. The number of H-pyrrole nitrogens is 1. The Balaban J connectivity index is 1.44. The molecule has 6 heteroatoms. The average Bonchev–Trinajstić information content (AvgIpc) is 3.30. The fourth-order valence-electron chi connectivity index (χ4n) is 2.61. The van der Waals surface area contributed by atoms with E-state index < -0.39 is 0 Å². The monoisotopic (exact) mass is 349 g/mol. The van der Waals surface area contributed by atoms with Gasteiger partial charge in [-0.15, -0.1) is 11.3 Å². The molecule has 4 aromatic rings. The quantitative estimate of drug-likeness (QED) is 0.554. The Kier molecular flexibility index (Phi) is 4.26. The number of benzene rings is 1. The molecule has 0 saturated carbocycles. The summed E-state index contributed by atoms with van der Waals surface area (Å²) in [5.74, 6) is -0.272. The number of nitrogens with zero attached hydrogens (tertiary/aromatic N) is 2. The number of nitrogens with one attached hydrogen (secondary N) is 1. The molecule has 0 radical (unpaired) electrons. The van der Waals surface area contributed by atoms with Crippen LogP contribution in [0.3, 0.4) is 0 Å². The summed E-state index contributed by atoms with van der Waals surface area (Å²) in [5.41, 5.74) is 3.66. The van der Waals surface area contributed by atoms with E-state index >= 15 is 0 Å². The van der Waals surface area contributed by atoms with Crippen molar-refractivity contribution in [2.45, 2.75) is 13.0 Å². The van der Waals surface area contributed by atoms with E-state index in [0.717, 1.165) is 32.9 Å². The van der Waals surface area contributed by atoms with Crippen molar-refractivity contribution in [2.75, 3.05) is 0 Å². The molecule has 124 valence electrons. The fourth-order valence-corrected chi connectivity index (χ4v) is 3.39. The zero-order chi connectivity index (χ0) is 17.1. The van der Waals surface area contributed by atoms with Crippen molar-refractivity contribution in [1.29, 1.82) is 0 Å². The SMILES string of the molecule is O=C(Cc1nc(-c2ccnc3[nH]ccc23)cs1)OCc1ccccc1. The lowest BCUT2D eigenvalue weighted by atomic mass is 10.1. The molecule has 0 aliphatic carbocycles. The molecule has 0 aliphatic rings. The van der Waals surface area contributed by atoms with E-state index in [2.05, 4.69) is 15.0 Å². The highest BCUT2D eigenvalue weighted by molar-refractivity contribution is 7.10. The van der Waals surface area contributed by atoms with Gasteiger partial charge in [-0.25, -0.2) is 9.97 Å². The zero-order valence-electron chi connectivity index (χ0n) is 13.3. The maximum absolute atomic E-state index is 12.0. The highest BCUT2D eigenvalue weighted by Crippen LogP contribution is 2.28. The summed E-state index contributed by atoms with van der Waals surface area (Å²) in [7, 11) is 0. The average molecular weight is 349 g/mol. The lowest BCUT2D eigenvalue weighted by Gasteiger charge is -2.03. The van der Waals surface area contributed by atoms with Crippen LogP contribution in [0, 0.1) is 0 Å². The topological polar surface area (TPSA) is 67.9 Å². The van der Waals surface area contributed by atoms with E-state index in [9.17, 15) is 4.79 Å². The summed E-state index contributed by atoms with van der Waals surface area (Å²) in [4.78, 5) is 24.0. The highest BCUT2D eigenvalue weighted by Gasteiger charge is 2.12.